The van der Waals surface area contributed by atoms with Gasteiger partial charge in [-0.1, -0.05) is 6.58 Å². The van der Waals surface area contributed by atoms with Gasteiger partial charge in [0.15, 0.2) is 5.92 Å². The summed E-state index contributed by atoms with van der Waals surface area (Å²) in [6.07, 6.45) is 2.76. The fraction of sp³-hybridized carbons (Fsp3) is 0.611. The number of carbonyl (C=O) groups is 3. The summed E-state index contributed by atoms with van der Waals surface area (Å²) in [5.41, 5.74) is 0.810. The van der Waals surface area contributed by atoms with Crippen LogP contribution in [-0.4, -0.2) is 49.3 Å². The molecule has 7 nitrogen and oxygen atoms in total. The molecular formula is C18H27NO6. The number of ether oxygens (including phenoxy) is 3. The Labute approximate surface area is 148 Å². The van der Waals surface area contributed by atoms with Crippen LogP contribution in [0.3, 0.4) is 0 Å². The van der Waals surface area contributed by atoms with Gasteiger partial charge in [0, 0.05) is 12.7 Å². The average Bonchev–Trinajstić information content (AvgIpc) is 2.56. The van der Waals surface area contributed by atoms with Crippen molar-refractivity contribution in [3.63, 3.8) is 0 Å². The fourth-order valence-corrected chi connectivity index (χ4v) is 2.41. The second-order valence-electron chi connectivity index (χ2n) is 6.84. The van der Waals surface area contributed by atoms with Gasteiger partial charge in [0.1, 0.15) is 5.60 Å². The van der Waals surface area contributed by atoms with Crippen LogP contribution in [0.25, 0.3) is 0 Å². The van der Waals surface area contributed by atoms with E-state index in [-0.39, 0.29) is 6.42 Å². The lowest BCUT2D eigenvalue weighted by molar-refractivity contribution is -0.158. The zero-order chi connectivity index (χ0) is 19.2. The van der Waals surface area contributed by atoms with Gasteiger partial charge in [0.05, 0.1) is 14.2 Å². The van der Waals surface area contributed by atoms with Crippen molar-refractivity contribution in [3.8, 4) is 0 Å². The minimum atomic E-state index is -1.07. The highest BCUT2D eigenvalue weighted by Crippen LogP contribution is 2.27. The molecule has 0 atom stereocenters. The van der Waals surface area contributed by atoms with E-state index in [1.54, 1.807) is 27.0 Å². The summed E-state index contributed by atoms with van der Waals surface area (Å²) in [6.45, 7) is 9.91. The second-order valence-corrected chi connectivity index (χ2v) is 6.84. The Hall–Kier alpha value is -2.31. The molecule has 0 spiro atoms. The van der Waals surface area contributed by atoms with E-state index in [0.29, 0.717) is 18.5 Å². The summed E-state index contributed by atoms with van der Waals surface area (Å²) in [6, 6.07) is 0. The molecule has 0 saturated carbocycles. The highest BCUT2D eigenvalue weighted by molar-refractivity contribution is 5.95. The number of nitrogens with zero attached hydrogens (tertiary/aromatic N) is 1. The van der Waals surface area contributed by atoms with Crippen LogP contribution in [0.2, 0.25) is 0 Å². The third kappa shape index (κ3) is 6.25. The first-order chi connectivity index (χ1) is 11.6. The largest absolute Gasteiger partial charge is 0.468 e. The Morgan fingerprint density at radius 2 is 1.76 bits per heavy atom. The lowest BCUT2D eigenvalue weighted by Gasteiger charge is -2.29. The number of esters is 2. The summed E-state index contributed by atoms with van der Waals surface area (Å²) in [4.78, 5) is 37.3. The van der Waals surface area contributed by atoms with E-state index in [2.05, 4.69) is 16.1 Å². The minimum Gasteiger partial charge on any atom is -0.468 e. The maximum atomic E-state index is 12.2. The zero-order valence-electron chi connectivity index (χ0n) is 15.6. The number of hydrogen-bond acceptors (Lipinski definition) is 6. The number of allylic oxidation sites excluding steroid dienone is 2. The van der Waals surface area contributed by atoms with Gasteiger partial charge < -0.3 is 14.2 Å². The van der Waals surface area contributed by atoms with Gasteiger partial charge in [0.2, 0.25) is 0 Å². The van der Waals surface area contributed by atoms with E-state index in [9.17, 15) is 14.4 Å². The average molecular weight is 353 g/mol. The monoisotopic (exact) mass is 353 g/mol. The maximum absolute atomic E-state index is 12.2. The first kappa shape index (κ1) is 20.7. The molecule has 0 aromatic heterocycles. The Bertz CT molecular complexity index is 557. The molecule has 1 aliphatic heterocycles. The SMILES string of the molecule is C=C(CC(C(=O)OC)C(=O)OC)C1=CN(C(=O)OC(C)(C)C)CCC1. The van der Waals surface area contributed by atoms with Crippen LogP contribution in [0, 0.1) is 5.92 Å². The lowest BCUT2D eigenvalue weighted by atomic mass is 9.92. The van der Waals surface area contributed by atoms with E-state index in [0.717, 1.165) is 12.0 Å². The first-order valence-electron chi connectivity index (χ1n) is 8.13. The van der Waals surface area contributed by atoms with E-state index < -0.39 is 29.6 Å². The standard InChI is InChI=1S/C18H27NO6/c1-12(10-14(15(20)23-5)16(21)24-6)13-8-7-9-19(11-13)17(22)25-18(2,3)4/h11,14H,1,7-10H2,2-6H3. The quantitative estimate of drug-likeness (QED) is 0.429. The topological polar surface area (TPSA) is 82.1 Å². The van der Waals surface area contributed by atoms with Crippen LogP contribution >= 0.6 is 0 Å². The van der Waals surface area contributed by atoms with Crippen LogP contribution in [0.15, 0.2) is 23.9 Å². The maximum Gasteiger partial charge on any atom is 0.414 e. The van der Waals surface area contributed by atoms with Crippen molar-refractivity contribution in [2.45, 2.75) is 45.6 Å². The number of hydrogen-bond donors (Lipinski definition) is 0. The van der Waals surface area contributed by atoms with Crippen molar-refractivity contribution in [2.75, 3.05) is 20.8 Å². The molecule has 0 N–H and O–H groups in total. The van der Waals surface area contributed by atoms with Crippen LogP contribution in [0.1, 0.15) is 40.0 Å². The Kier molecular flexibility index (Phi) is 7.21. The number of carbonyl (C=O) groups excluding carboxylic acids is 3. The van der Waals surface area contributed by atoms with Gasteiger partial charge in [0.25, 0.3) is 0 Å². The van der Waals surface area contributed by atoms with Crippen LogP contribution in [0.4, 0.5) is 4.79 Å². The summed E-state index contributed by atoms with van der Waals surface area (Å²) in [5.74, 6) is -2.41. The third-order valence-electron chi connectivity index (χ3n) is 3.66. The summed E-state index contributed by atoms with van der Waals surface area (Å²) >= 11 is 0. The lowest BCUT2D eigenvalue weighted by Crippen LogP contribution is -2.36. The highest BCUT2D eigenvalue weighted by atomic mass is 16.6. The molecule has 0 radical (unpaired) electrons. The molecule has 1 amide bonds. The molecule has 140 valence electrons. The minimum absolute atomic E-state index is 0.0767. The van der Waals surface area contributed by atoms with Gasteiger partial charge in [-0.05, 0) is 51.2 Å². The Morgan fingerprint density at radius 3 is 2.24 bits per heavy atom. The number of rotatable bonds is 5. The Balaban J connectivity index is 2.87. The normalized spacial score (nSPS) is 14.6. The summed E-state index contributed by atoms with van der Waals surface area (Å²) in [5, 5.41) is 0. The molecule has 1 heterocycles. The van der Waals surface area contributed by atoms with Gasteiger partial charge in [-0.2, -0.15) is 0 Å². The van der Waals surface area contributed by atoms with Gasteiger partial charge >= 0.3 is 18.0 Å². The predicted molar refractivity (Wildman–Crippen MR) is 91.5 cm³/mol. The Morgan fingerprint density at radius 1 is 1.20 bits per heavy atom. The highest BCUT2D eigenvalue weighted by Gasteiger charge is 2.31. The van der Waals surface area contributed by atoms with Crippen LogP contribution in [-0.2, 0) is 23.8 Å². The molecule has 0 saturated heterocycles. The van der Waals surface area contributed by atoms with E-state index in [1.807, 2.05) is 0 Å². The van der Waals surface area contributed by atoms with Crippen molar-refractivity contribution in [3.05, 3.63) is 23.9 Å². The van der Waals surface area contributed by atoms with Gasteiger partial charge in [-0.3, -0.25) is 14.5 Å². The summed E-state index contributed by atoms with van der Waals surface area (Å²) < 4.78 is 14.7. The molecule has 1 aliphatic rings. The molecule has 7 heteroatoms. The molecule has 1 rings (SSSR count). The fourth-order valence-electron chi connectivity index (χ4n) is 2.41. The zero-order valence-corrected chi connectivity index (χ0v) is 15.6. The van der Waals surface area contributed by atoms with Gasteiger partial charge in [-0.25, -0.2) is 4.79 Å². The van der Waals surface area contributed by atoms with Crippen molar-refractivity contribution in [1.29, 1.82) is 0 Å². The molecule has 0 aromatic carbocycles. The number of amides is 1. The summed E-state index contributed by atoms with van der Waals surface area (Å²) in [7, 11) is 2.43. The molecule has 0 aromatic rings. The second kappa shape index (κ2) is 8.69. The van der Waals surface area contributed by atoms with E-state index in [1.165, 1.54) is 19.1 Å². The molecule has 0 aliphatic carbocycles. The van der Waals surface area contributed by atoms with Crippen LogP contribution in [0.5, 0.6) is 0 Å². The molecular weight excluding hydrogens is 326 g/mol. The van der Waals surface area contributed by atoms with Crippen molar-refractivity contribution in [1.82, 2.24) is 4.90 Å². The van der Waals surface area contributed by atoms with Crippen molar-refractivity contribution < 1.29 is 28.6 Å². The smallest absolute Gasteiger partial charge is 0.414 e. The van der Waals surface area contributed by atoms with Crippen LogP contribution < -0.4 is 0 Å². The molecule has 25 heavy (non-hydrogen) atoms. The molecule has 0 unspecified atom stereocenters. The molecule has 0 fully saturated rings. The first-order valence-corrected chi connectivity index (χ1v) is 8.13. The number of methoxy groups -OCH3 is 2. The van der Waals surface area contributed by atoms with Crippen molar-refractivity contribution >= 4 is 18.0 Å². The third-order valence-corrected chi connectivity index (χ3v) is 3.66. The van der Waals surface area contributed by atoms with Gasteiger partial charge in [-0.15, -0.1) is 0 Å². The van der Waals surface area contributed by atoms with E-state index in [4.69, 9.17) is 4.74 Å². The predicted octanol–water partition coefficient (Wildman–Crippen LogP) is 2.81. The van der Waals surface area contributed by atoms with E-state index >= 15 is 0 Å². The molecule has 0 bridgehead atoms. The van der Waals surface area contributed by atoms with Crippen molar-refractivity contribution in [2.24, 2.45) is 5.92 Å².